The first kappa shape index (κ1) is 8.97. The largest absolute Gasteiger partial charge is 0.368 e. The Hall–Kier alpha value is -0.120. The molecule has 11 heavy (non-hydrogen) atoms. The summed E-state index contributed by atoms with van der Waals surface area (Å²) in [6.07, 6.45) is 1.31. The van der Waals surface area contributed by atoms with Gasteiger partial charge in [-0.3, -0.25) is 0 Å². The van der Waals surface area contributed by atoms with Gasteiger partial charge in [0.15, 0.2) is 6.29 Å². The number of rotatable bonds is 5. The molecule has 0 saturated carbocycles. The predicted octanol–water partition coefficient (Wildman–Crippen LogP) is 0.341. The summed E-state index contributed by atoms with van der Waals surface area (Å²) in [7, 11) is 0. The fourth-order valence-corrected chi connectivity index (χ4v) is 1.21. The molecule has 0 aromatic rings. The van der Waals surface area contributed by atoms with Crippen molar-refractivity contribution in [3.8, 4) is 0 Å². The molecule has 1 heterocycles. The summed E-state index contributed by atoms with van der Waals surface area (Å²) in [5.41, 5.74) is 0. The fourth-order valence-electron chi connectivity index (χ4n) is 1.21. The summed E-state index contributed by atoms with van der Waals surface area (Å²) in [6.45, 7) is 4.72. The van der Waals surface area contributed by atoms with Crippen LogP contribution in [0.3, 0.4) is 0 Å². The lowest BCUT2D eigenvalue weighted by Crippen LogP contribution is -2.42. The molecule has 0 aliphatic carbocycles. The second kappa shape index (κ2) is 4.70. The van der Waals surface area contributed by atoms with Crippen molar-refractivity contribution in [1.82, 2.24) is 5.32 Å². The van der Waals surface area contributed by atoms with Gasteiger partial charge in [0.25, 0.3) is 0 Å². The Morgan fingerprint density at radius 1 is 1.64 bits per heavy atom. The quantitative estimate of drug-likeness (QED) is 0.568. The molecule has 1 rings (SSSR count). The molecule has 66 valence electrons. The number of hydrogen-bond donors (Lipinski definition) is 2. The van der Waals surface area contributed by atoms with E-state index in [1.807, 2.05) is 6.92 Å². The van der Waals surface area contributed by atoms with E-state index in [1.54, 1.807) is 0 Å². The zero-order chi connectivity index (χ0) is 8.10. The molecular formula is C8H17NO2. The Labute approximate surface area is 67.7 Å². The third-order valence-corrected chi connectivity index (χ3v) is 2.05. The van der Waals surface area contributed by atoms with Crippen molar-refractivity contribution < 1.29 is 9.84 Å². The summed E-state index contributed by atoms with van der Waals surface area (Å²) in [6, 6.07) is 0. The minimum Gasteiger partial charge on any atom is -0.368 e. The molecular weight excluding hydrogens is 142 g/mol. The van der Waals surface area contributed by atoms with Crippen LogP contribution in [-0.4, -0.2) is 31.1 Å². The monoisotopic (exact) mass is 159 g/mol. The summed E-state index contributed by atoms with van der Waals surface area (Å²) in [5.74, 6) is 0.769. The summed E-state index contributed by atoms with van der Waals surface area (Å²) < 4.78 is 5.00. The molecule has 1 saturated heterocycles. The van der Waals surface area contributed by atoms with E-state index in [9.17, 15) is 5.11 Å². The highest BCUT2D eigenvalue weighted by Crippen LogP contribution is 2.12. The maximum atomic E-state index is 9.18. The van der Waals surface area contributed by atoms with Gasteiger partial charge >= 0.3 is 0 Å². The Balaban J connectivity index is 1.92. The minimum absolute atomic E-state index is 0.541. The van der Waals surface area contributed by atoms with Crippen LogP contribution in [0.1, 0.15) is 19.8 Å². The van der Waals surface area contributed by atoms with Crippen molar-refractivity contribution in [2.24, 2.45) is 5.92 Å². The molecule has 0 radical (unpaired) electrons. The van der Waals surface area contributed by atoms with Crippen molar-refractivity contribution in [2.45, 2.75) is 26.1 Å². The first-order valence-electron chi connectivity index (χ1n) is 4.33. The van der Waals surface area contributed by atoms with Crippen molar-refractivity contribution in [3.05, 3.63) is 0 Å². The molecule has 1 unspecified atom stereocenters. The molecule has 0 amide bonds. The van der Waals surface area contributed by atoms with Crippen LogP contribution in [0.25, 0.3) is 0 Å². The Morgan fingerprint density at radius 2 is 2.36 bits per heavy atom. The topological polar surface area (TPSA) is 41.5 Å². The van der Waals surface area contributed by atoms with Gasteiger partial charge in [-0.05, 0) is 38.8 Å². The van der Waals surface area contributed by atoms with Crippen molar-refractivity contribution >= 4 is 0 Å². The average Bonchev–Trinajstić information content (AvgIpc) is 1.85. The zero-order valence-electron chi connectivity index (χ0n) is 7.05. The molecule has 3 heteroatoms. The van der Waals surface area contributed by atoms with Gasteiger partial charge in [-0.25, -0.2) is 0 Å². The van der Waals surface area contributed by atoms with E-state index in [0.717, 1.165) is 31.8 Å². The van der Waals surface area contributed by atoms with E-state index in [4.69, 9.17) is 4.74 Å². The molecule has 0 aromatic carbocycles. The van der Waals surface area contributed by atoms with Gasteiger partial charge in [-0.15, -0.1) is 0 Å². The maximum absolute atomic E-state index is 9.18. The highest BCUT2D eigenvalue weighted by atomic mass is 16.6. The van der Waals surface area contributed by atoms with Gasteiger partial charge in [0.05, 0.1) is 0 Å². The number of ether oxygens (including phenoxy) is 1. The first-order valence-corrected chi connectivity index (χ1v) is 4.33. The molecule has 1 atom stereocenters. The van der Waals surface area contributed by atoms with Gasteiger partial charge in [-0.1, -0.05) is 0 Å². The third kappa shape index (κ3) is 3.18. The van der Waals surface area contributed by atoms with Crippen LogP contribution in [-0.2, 0) is 4.74 Å². The van der Waals surface area contributed by atoms with E-state index < -0.39 is 6.29 Å². The lowest BCUT2D eigenvalue weighted by molar-refractivity contribution is -0.102. The lowest BCUT2D eigenvalue weighted by Gasteiger charge is -2.27. The number of nitrogens with one attached hydrogen (secondary N) is 1. The van der Waals surface area contributed by atoms with Crippen LogP contribution in [0.4, 0.5) is 0 Å². The maximum Gasteiger partial charge on any atom is 0.154 e. The zero-order valence-corrected chi connectivity index (χ0v) is 7.05. The van der Waals surface area contributed by atoms with Crippen LogP contribution in [0.2, 0.25) is 0 Å². The van der Waals surface area contributed by atoms with E-state index in [1.165, 1.54) is 0 Å². The second-order valence-corrected chi connectivity index (χ2v) is 3.01. The molecule has 2 N–H and O–H groups in total. The average molecular weight is 159 g/mol. The first-order chi connectivity index (χ1) is 5.33. The molecule has 1 aliphatic rings. The van der Waals surface area contributed by atoms with E-state index in [2.05, 4.69) is 5.32 Å². The SMILES string of the molecule is CCOC(O)CCC1CNC1. The normalized spacial score (nSPS) is 21.3. The van der Waals surface area contributed by atoms with Crippen LogP contribution < -0.4 is 5.32 Å². The van der Waals surface area contributed by atoms with Crippen molar-refractivity contribution in [1.29, 1.82) is 0 Å². The van der Waals surface area contributed by atoms with Gasteiger partial charge in [0.1, 0.15) is 0 Å². The van der Waals surface area contributed by atoms with E-state index in [0.29, 0.717) is 6.61 Å². The number of aliphatic hydroxyl groups excluding tert-OH is 1. The van der Waals surface area contributed by atoms with Crippen molar-refractivity contribution in [3.63, 3.8) is 0 Å². The predicted molar refractivity (Wildman–Crippen MR) is 43.2 cm³/mol. The summed E-state index contributed by atoms with van der Waals surface area (Å²) >= 11 is 0. The molecule has 1 fully saturated rings. The third-order valence-electron chi connectivity index (χ3n) is 2.05. The lowest BCUT2D eigenvalue weighted by atomic mass is 9.97. The molecule has 1 aliphatic heterocycles. The second-order valence-electron chi connectivity index (χ2n) is 3.01. The molecule has 3 nitrogen and oxygen atoms in total. The van der Waals surface area contributed by atoms with Gasteiger partial charge < -0.3 is 15.2 Å². The molecule has 0 spiro atoms. The Morgan fingerprint density at radius 3 is 2.82 bits per heavy atom. The van der Waals surface area contributed by atoms with Gasteiger partial charge in [0.2, 0.25) is 0 Å². The summed E-state index contributed by atoms with van der Waals surface area (Å²) in [5, 5.41) is 12.4. The smallest absolute Gasteiger partial charge is 0.154 e. The van der Waals surface area contributed by atoms with Crippen LogP contribution in [0.15, 0.2) is 0 Å². The fraction of sp³-hybridized carbons (Fsp3) is 1.00. The summed E-state index contributed by atoms with van der Waals surface area (Å²) in [4.78, 5) is 0. The molecule has 0 aromatic heterocycles. The van der Waals surface area contributed by atoms with E-state index >= 15 is 0 Å². The van der Waals surface area contributed by atoms with E-state index in [-0.39, 0.29) is 0 Å². The van der Waals surface area contributed by atoms with Crippen LogP contribution in [0.5, 0.6) is 0 Å². The Bertz CT molecular complexity index is 104. The minimum atomic E-state index is -0.541. The van der Waals surface area contributed by atoms with Crippen LogP contribution >= 0.6 is 0 Å². The van der Waals surface area contributed by atoms with Crippen LogP contribution in [0, 0.1) is 5.92 Å². The van der Waals surface area contributed by atoms with Gasteiger partial charge in [0, 0.05) is 6.61 Å². The Kier molecular flexibility index (Phi) is 3.83. The number of aliphatic hydroxyl groups is 1. The van der Waals surface area contributed by atoms with Gasteiger partial charge in [-0.2, -0.15) is 0 Å². The standard InChI is InChI=1S/C8H17NO2/c1-2-11-8(10)4-3-7-5-9-6-7/h7-10H,2-6H2,1H3. The highest BCUT2D eigenvalue weighted by Gasteiger charge is 2.17. The van der Waals surface area contributed by atoms with Crippen molar-refractivity contribution in [2.75, 3.05) is 19.7 Å². The highest BCUT2D eigenvalue weighted by molar-refractivity contribution is 4.74. The number of hydrogen-bond acceptors (Lipinski definition) is 3. The molecule has 0 bridgehead atoms.